The number of hydrogen-bond donors (Lipinski definition) is 1. The lowest BCUT2D eigenvalue weighted by Crippen LogP contribution is -2.51. The van der Waals surface area contributed by atoms with E-state index < -0.39 is 0 Å². The molecule has 0 spiro atoms. The Bertz CT molecular complexity index is 822. The van der Waals surface area contributed by atoms with Gasteiger partial charge in [0.25, 0.3) is 5.91 Å². The number of hydrogen-bond acceptors (Lipinski definition) is 5. The highest BCUT2D eigenvalue weighted by atomic mass is 16.5. The second-order valence-corrected chi connectivity index (χ2v) is 6.84. The smallest absolute Gasteiger partial charge is 0.289 e. The first kappa shape index (κ1) is 19.2. The molecule has 0 unspecified atom stereocenters. The number of furan rings is 1. The van der Waals surface area contributed by atoms with Crippen molar-refractivity contribution in [3.8, 4) is 5.75 Å². The summed E-state index contributed by atoms with van der Waals surface area (Å²) < 4.78 is 11.1. The van der Waals surface area contributed by atoms with E-state index in [9.17, 15) is 9.59 Å². The average Bonchev–Trinajstić information content (AvgIpc) is 3.02. The van der Waals surface area contributed by atoms with E-state index in [0.717, 1.165) is 23.1 Å². The van der Waals surface area contributed by atoms with Crippen LogP contribution in [0, 0.1) is 6.92 Å². The highest BCUT2D eigenvalue weighted by molar-refractivity contribution is 5.99. The number of carbonyl (C=O) groups excluding carboxylic acids is 2. The van der Waals surface area contributed by atoms with Crippen LogP contribution in [0.3, 0.4) is 0 Å². The number of nitrogens with zero attached hydrogens (tertiary/aromatic N) is 2. The highest BCUT2D eigenvalue weighted by Crippen LogP contribution is 2.29. The fourth-order valence-corrected chi connectivity index (χ4v) is 3.31. The second-order valence-electron chi connectivity index (χ2n) is 6.84. The molecule has 7 heteroatoms. The van der Waals surface area contributed by atoms with Gasteiger partial charge < -0.3 is 19.4 Å². The Morgan fingerprint density at radius 1 is 1.22 bits per heavy atom. The lowest BCUT2D eigenvalue weighted by Gasteiger charge is -2.33. The first-order valence-electron chi connectivity index (χ1n) is 9.39. The average molecular weight is 373 g/mol. The third kappa shape index (κ3) is 4.24. The monoisotopic (exact) mass is 373 g/mol. The van der Waals surface area contributed by atoms with Crippen LogP contribution in [0.5, 0.6) is 5.75 Å². The number of nitrogens with one attached hydrogen (secondary N) is 1. The van der Waals surface area contributed by atoms with E-state index in [1.807, 2.05) is 32.0 Å². The van der Waals surface area contributed by atoms with Crippen molar-refractivity contribution in [1.82, 2.24) is 15.1 Å². The second kappa shape index (κ2) is 8.43. The van der Waals surface area contributed by atoms with Crippen molar-refractivity contribution in [2.24, 2.45) is 0 Å². The topological polar surface area (TPSA) is 75.0 Å². The third-order valence-corrected chi connectivity index (χ3v) is 4.94. The summed E-state index contributed by atoms with van der Waals surface area (Å²) >= 11 is 0. The summed E-state index contributed by atoms with van der Waals surface area (Å²) in [5, 5.41) is 3.78. The number of benzene rings is 1. The Morgan fingerprint density at radius 2 is 1.96 bits per heavy atom. The molecule has 7 nitrogen and oxygen atoms in total. The fraction of sp³-hybridized carbons (Fsp3) is 0.500. The number of fused-ring (bicyclic) bond motifs is 1. The number of rotatable bonds is 6. The van der Waals surface area contributed by atoms with Crippen molar-refractivity contribution in [3.63, 3.8) is 0 Å². The molecule has 2 amide bonds. The highest BCUT2D eigenvalue weighted by Gasteiger charge is 2.27. The van der Waals surface area contributed by atoms with E-state index in [1.54, 1.807) is 12.0 Å². The van der Waals surface area contributed by atoms with Gasteiger partial charge in [-0.25, -0.2) is 0 Å². The Balaban J connectivity index is 1.63. The predicted molar refractivity (Wildman–Crippen MR) is 103 cm³/mol. The molecule has 2 heterocycles. The largest absolute Gasteiger partial charge is 0.497 e. The number of carbonyl (C=O) groups is 2. The number of piperazine rings is 1. The lowest BCUT2D eigenvalue weighted by molar-refractivity contribution is -0.122. The van der Waals surface area contributed by atoms with Crippen molar-refractivity contribution < 1.29 is 18.7 Å². The van der Waals surface area contributed by atoms with Crippen LogP contribution in [0.4, 0.5) is 0 Å². The van der Waals surface area contributed by atoms with Gasteiger partial charge in [-0.3, -0.25) is 14.5 Å². The molecule has 1 saturated heterocycles. The van der Waals surface area contributed by atoms with Crippen LogP contribution >= 0.6 is 0 Å². The first-order chi connectivity index (χ1) is 13.0. The molecule has 0 aliphatic carbocycles. The lowest BCUT2D eigenvalue weighted by atomic mass is 10.1. The molecule has 3 rings (SSSR count). The molecule has 1 aromatic carbocycles. The van der Waals surface area contributed by atoms with E-state index in [1.165, 1.54) is 0 Å². The van der Waals surface area contributed by atoms with E-state index in [4.69, 9.17) is 9.15 Å². The minimum atomic E-state index is -0.0993. The Kier molecular flexibility index (Phi) is 6.01. The molecule has 1 aliphatic heterocycles. The van der Waals surface area contributed by atoms with Crippen molar-refractivity contribution in [3.05, 3.63) is 29.5 Å². The molecule has 0 bridgehead atoms. The van der Waals surface area contributed by atoms with Crippen LogP contribution in [0.15, 0.2) is 22.6 Å². The fourth-order valence-electron chi connectivity index (χ4n) is 3.31. The van der Waals surface area contributed by atoms with Gasteiger partial charge in [0, 0.05) is 43.7 Å². The van der Waals surface area contributed by atoms with Gasteiger partial charge in [0.1, 0.15) is 11.3 Å². The molecule has 146 valence electrons. The molecule has 0 saturated carbocycles. The van der Waals surface area contributed by atoms with Gasteiger partial charge >= 0.3 is 0 Å². The molecule has 1 N–H and O–H groups in total. The third-order valence-electron chi connectivity index (χ3n) is 4.94. The molecule has 1 fully saturated rings. The summed E-state index contributed by atoms with van der Waals surface area (Å²) in [4.78, 5) is 28.6. The predicted octanol–water partition coefficient (Wildman–Crippen LogP) is 2.03. The Labute approximate surface area is 159 Å². The van der Waals surface area contributed by atoms with E-state index in [0.29, 0.717) is 50.6 Å². The summed E-state index contributed by atoms with van der Waals surface area (Å²) in [6, 6.07) is 5.53. The van der Waals surface area contributed by atoms with Crippen LogP contribution in [0.1, 0.15) is 29.5 Å². The van der Waals surface area contributed by atoms with Crippen LogP contribution in [-0.2, 0) is 4.79 Å². The minimum absolute atomic E-state index is 0.0405. The zero-order valence-electron chi connectivity index (χ0n) is 16.2. The standard InChI is InChI=1S/C20H27N3O4/c1-4-7-21-18(24)13-22-8-10-23(11-9-22)20(25)19-14(2)16-12-15(26-3)5-6-17(16)27-19/h5-6,12H,4,7-11,13H2,1-3H3,(H,21,24). The van der Waals surface area contributed by atoms with Crippen molar-refractivity contribution in [2.45, 2.75) is 20.3 Å². The number of ether oxygens (including phenoxy) is 1. The quantitative estimate of drug-likeness (QED) is 0.839. The van der Waals surface area contributed by atoms with Crippen molar-refractivity contribution >= 4 is 22.8 Å². The maximum absolute atomic E-state index is 12.9. The molecule has 2 aromatic rings. The summed E-state index contributed by atoms with van der Waals surface area (Å²) in [6.45, 7) is 7.53. The number of methoxy groups -OCH3 is 1. The Morgan fingerprint density at radius 3 is 2.63 bits per heavy atom. The molecule has 0 atom stereocenters. The van der Waals surface area contributed by atoms with E-state index in [2.05, 4.69) is 10.2 Å². The van der Waals surface area contributed by atoms with Gasteiger partial charge in [0.2, 0.25) is 5.91 Å². The SMILES string of the molecule is CCCNC(=O)CN1CCN(C(=O)c2oc3ccc(OC)cc3c2C)CC1. The van der Waals surface area contributed by atoms with Gasteiger partial charge in [0.15, 0.2) is 5.76 Å². The number of amides is 2. The molecular formula is C20H27N3O4. The summed E-state index contributed by atoms with van der Waals surface area (Å²) in [6.07, 6.45) is 0.927. The zero-order valence-corrected chi connectivity index (χ0v) is 16.2. The Hall–Kier alpha value is -2.54. The van der Waals surface area contributed by atoms with Gasteiger partial charge in [-0.1, -0.05) is 6.92 Å². The van der Waals surface area contributed by atoms with Gasteiger partial charge in [-0.05, 0) is 31.5 Å². The zero-order chi connectivity index (χ0) is 19.4. The first-order valence-corrected chi connectivity index (χ1v) is 9.39. The van der Waals surface area contributed by atoms with Gasteiger partial charge in [-0.15, -0.1) is 0 Å². The van der Waals surface area contributed by atoms with Crippen LogP contribution in [-0.4, -0.2) is 68.0 Å². The van der Waals surface area contributed by atoms with Crippen molar-refractivity contribution in [1.29, 1.82) is 0 Å². The molecular weight excluding hydrogens is 346 g/mol. The summed E-state index contributed by atoms with van der Waals surface area (Å²) in [5.74, 6) is 1.06. The van der Waals surface area contributed by atoms with E-state index >= 15 is 0 Å². The van der Waals surface area contributed by atoms with Crippen LogP contribution < -0.4 is 10.1 Å². The van der Waals surface area contributed by atoms with Crippen molar-refractivity contribution in [2.75, 3.05) is 46.4 Å². The molecule has 1 aromatic heterocycles. The maximum Gasteiger partial charge on any atom is 0.289 e. The molecule has 27 heavy (non-hydrogen) atoms. The maximum atomic E-state index is 12.9. The van der Waals surface area contributed by atoms with E-state index in [-0.39, 0.29) is 11.8 Å². The van der Waals surface area contributed by atoms with Crippen LogP contribution in [0.2, 0.25) is 0 Å². The molecule has 0 radical (unpaired) electrons. The number of aryl methyl sites for hydroxylation is 1. The molecule has 1 aliphatic rings. The minimum Gasteiger partial charge on any atom is -0.497 e. The normalized spacial score (nSPS) is 15.1. The van der Waals surface area contributed by atoms with Gasteiger partial charge in [-0.2, -0.15) is 0 Å². The summed E-state index contributed by atoms with van der Waals surface area (Å²) in [5.41, 5.74) is 1.51. The van der Waals surface area contributed by atoms with Gasteiger partial charge in [0.05, 0.1) is 13.7 Å². The summed E-state index contributed by atoms with van der Waals surface area (Å²) in [7, 11) is 1.62. The van der Waals surface area contributed by atoms with Crippen LogP contribution in [0.25, 0.3) is 11.0 Å².